The van der Waals surface area contributed by atoms with Crippen molar-refractivity contribution in [2.45, 2.75) is 6.36 Å². The predicted octanol–water partition coefficient (Wildman–Crippen LogP) is 2.94. The van der Waals surface area contributed by atoms with Crippen molar-refractivity contribution in [2.75, 3.05) is 0 Å². The van der Waals surface area contributed by atoms with Gasteiger partial charge in [-0.05, 0) is 12.1 Å². The summed E-state index contributed by atoms with van der Waals surface area (Å²) in [5, 5.41) is 8.17. The van der Waals surface area contributed by atoms with Crippen molar-refractivity contribution in [1.82, 2.24) is 0 Å². The fraction of sp³-hybridized carbons (Fsp3) is 0.125. The molecule has 0 aliphatic carbocycles. The molecular formula is C8H4ClF3O3. The Hall–Kier alpha value is -1.43. The number of carboxylic acids is 1. The molecule has 7 heteroatoms. The molecule has 0 saturated heterocycles. The van der Waals surface area contributed by atoms with Crippen molar-refractivity contribution in [3.8, 4) is 5.75 Å². The Bertz CT molecular complexity index is 389. The molecule has 0 saturated carbocycles. The van der Waals surface area contributed by atoms with Crippen LogP contribution in [0.4, 0.5) is 13.2 Å². The lowest BCUT2D eigenvalue weighted by Gasteiger charge is -2.12. The SMILES string of the molecule is O=C(O)c1cccc(Cl)c1OC(F)(F)F. The van der Waals surface area contributed by atoms with Crippen LogP contribution in [0.15, 0.2) is 18.2 Å². The number of rotatable bonds is 2. The van der Waals surface area contributed by atoms with E-state index in [1.165, 1.54) is 6.07 Å². The number of carbonyl (C=O) groups is 1. The molecule has 0 aliphatic rings. The lowest BCUT2D eigenvalue weighted by Crippen LogP contribution is -2.19. The summed E-state index contributed by atoms with van der Waals surface area (Å²) in [5.74, 6) is -2.45. The van der Waals surface area contributed by atoms with Gasteiger partial charge in [0.2, 0.25) is 0 Å². The van der Waals surface area contributed by atoms with Crippen molar-refractivity contribution in [1.29, 1.82) is 0 Å². The van der Waals surface area contributed by atoms with Crippen LogP contribution in [0.5, 0.6) is 5.75 Å². The van der Waals surface area contributed by atoms with E-state index in [-0.39, 0.29) is 0 Å². The Morgan fingerprint density at radius 2 is 2.00 bits per heavy atom. The number of halogens is 4. The van der Waals surface area contributed by atoms with Gasteiger partial charge >= 0.3 is 12.3 Å². The molecule has 0 aromatic heterocycles. The smallest absolute Gasteiger partial charge is 0.478 e. The first-order chi connectivity index (χ1) is 6.81. The molecule has 0 spiro atoms. The second-order valence-corrected chi connectivity index (χ2v) is 2.88. The fourth-order valence-electron chi connectivity index (χ4n) is 0.897. The van der Waals surface area contributed by atoms with Gasteiger partial charge in [-0.1, -0.05) is 17.7 Å². The highest BCUT2D eigenvalue weighted by molar-refractivity contribution is 6.32. The molecule has 82 valence electrons. The summed E-state index contributed by atoms with van der Waals surface area (Å²) in [4.78, 5) is 10.6. The summed E-state index contributed by atoms with van der Waals surface area (Å²) in [5.41, 5.74) is -0.639. The third-order valence-electron chi connectivity index (χ3n) is 1.42. The third-order valence-corrected chi connectivity index (χ3v) is 1.71. The van der Waals surface area contributed by atoms with Crippen LogP contribution in [0.1, 0.15) is 10.4 Å². The highest BCUT2D eigenvalue weighted by Gasteiger charge is 2.34. The van der Waals surface area contributed by atoms with E-state index in [1.807, 2.05) is 0 Å². The zero-order chi connectivity index (χ0) is 11.6. The molecule has 1 N–H and O–H groups in total. The molecule has 1 aromatic carbocycles. The van der Waals surface area contributed by atoms with Crippen LogP contribution in [-0.2, 0) is 0 Å². The molecule has 1 aromatic rings. The maximum atomic E-state index is 11.9. The molecule has 0 fully saturated rings. The van der Waals surface area contributed by atoms with Gasteiger partial charge in [-0.15, -0.1) is 13.2 Å². The molecule has 0 aliphatic heterocycles. The van der Waals surface area contributed by atoms with Gasteiger partial charge in [0.15, 0.2) is 5.75 Å². The third kappa shape index (κ3) is 3.02. The first-order valence-corrected chi connectivity index (χ1v) is 3.96. The first kappa shape index (κ1) is 11.6. The Kier molecular flexibility index (Phi) is 3.09. The van der Waals surface area contributed by atoms with Gasteiger partial charge in [0.05, 0.1) is 5.02 Å². The van der Waals surface area contributed by atoms with E-state index in [1.54, 1.807) is 0 Å². The largest absolute Gasteiger partial charge is 0.573 e. The minimum absolute atomic E-state index is 0.410. The topological polar surface area (TPSA) is 46.5 Å². The number of alkyl halides is 3. The molecule has 1 rings (SSSR count). The van der Waals surface area contributed by atoms with Crippen LogP contribution in [0.25, 0.3) is 0 Å². The lowest BCUT2D eigenvalue weighted by atomic mass is 10.2. The standard InChI is InChI=1S/C8H4ClF3O3/c9-5-3-1-2-4(7(13)14)6(5)15-8(10,11)12/h1-3H,(H,13,14). The number of carboxylic acid groups (broad SMARTS) is 1. The molecule has 0 atom stereocenters. The van der Waals surface area contributed by atoms with Crippen LogP contribution in [0.3, 0.4) is 0 Å². The quantitative estimate of drug-likeness (QED) is 0.864. The average Bonchev–Trinajstić information content (AvgIpc) is 2.05. The van der Waals surface area contributed by atoms with Gasteiger partial charge in [0.1, 0.15) is 5.56 Å². The van der Waals surface area contributed by atoms with Crippen molar-refractivity contribution in [3.05, 3.63) is 28.8 Å². The van der Waals surface area contributed by atoms with Crippen LogP contribution in [-0.4, -0.2) is 17.4 Å². The second kappa shape index (κ2) is 3.98. The van der Waals surface area contributed by atoms with Crippen LogP contribution < -0.4 is 4.74 Å². The monoisotopic (exact) mass is 240 g/mol. The van der Waals surface area contributed by atoms with Crippen LogP contribution in [0, 0.1) is 0 Å². The number of hydrogen-bond acceptors (Lipinski definition) is 2. The van der Waals surface area contributed by atoms with Gasteiger partial charge in [-0.2, -0.15) is 0 Å². The highest BCUT2D eigenvalue weighted by Crippen LogP contribution is 2.33. The fourth-order valence-corrected chi connectivity index (χ4v) is 1.11. The van der Waals surface area contributed by atoms with E-state index in [9.17, 15) is 18.0 Å². The summed E-state index contributed by atoms with van der Waals surface area (Å²) < 4.78 is 39.2. The van der Waals surface area contributed by atoms with Crippen molar-refractivity contribution in [2.24, 2.45) is 0 Å². The first-order valence-electron chi connectivity index (χ1n) is 3.59. The van der Waals surface area contributed by atoms with Gasteiger partial charge < -0.3 is 9.84 Å². The minimum Gasteiger partial charge on any atom is -0.478 e. The molecule has 15 heavy (non-hydrogen) atoms. The Morgan fingerprint density at radius 3 is 2.47 bits per heavy atom. The molecule has 0 heterocycles. The highest BCUT2D eigenvalue weighted by atomic mass is 35.5. The van der Waals surface area contributed by atoms with Crippen molar-refractivity contribution < 1.29 is 27.8 Å². The number of ether oxygens (including phenoxy) is 1. The predicted molar refractivity (Wildman–Crippen MR) is 45.1 cm³/mol. The number of hydrogen-bond donors (Lipinski definition) is 1. The second-order valence-electron chi connectivity index (χ2n) is 2.47. The Balaban J connectivity index is 3.19. The normalized spacial score (nSPS) is 11.2. The van der Waals surface area contributed by atoms with E-state index < -0.39 is 28.7 Å². The zero-order valence-electron chi connectivity index (χ0n) is 7.01. The summed E-state index contributed by atoms with van der Waals surface area (Å²) in [7, 11) is 0. The summed E-state index contributed by atoms with van der Waals surface area (Å²) in [6.07, 6.45) is -4.98. The number of para-hydroxylation sites is 1. The Labute approximate surface area is 87.0 Å². The summed E-state index contributed by atoms with van der Waals surface area (Å²) >= 11 is 5.39. The lowest BCUT2D eigenvalue weighted by molar-refractivity contribution is -0.274. The van der Waals surface area contributed by atoms with E-state index in [0.717, 1.165) is 12.1 Å². The van der Waals surface area contributed by atoms with E-state index in [2.05, 4.69) is 4.74 Å². The number of benzene rings is 1. The van der Waals surface area contributed by atoms with Gasteiger partial charge in [-0.3, -0.25) is 0 Å². The molecule has 0 bridgehead atoms. The van der Waals surface area contributed by atoms with Crippen molar-refractivity contribution >= 4 is 17.6 Å². The van der Waals surface area contributed by atoms with Gasteiger partial charge in [0.25, 0.3) is 0 Å². The molecule has 3 nitrogen and oxygen atoms in total. The molecule has 0 amide bonds. The number of aromatic carboxylic acids is 1. The van der Waals surface area contributed by atoms with Gasteiger partial charge in [-0.25, -0.2) is 4.79 Å². The zero-order valence-corrected chi connectivity index (χ0v) is 7.76. The van der Waals surface area contributed by atoms with E-state index in [0.29, 0.717) is 0 Å². The molecular weight excluding hydrogens is 237 g/mol. The molecule has 0 radical (unpaired) electrons. The van der Waals surface area contributed by atoms with Crippen LogP contribution >= 0.6 is 11.6 Å². The van der Waals surface area contributed by atoms with E-state index >= 15 is 0 Å². The minimum atomic E-state index is -4.98. The van der Waals surface area contributed by atoms with Crippen LogP contribution in [0.2, 0.25) is 5.02 Å². The maximum Gasteiger partial charge on any atom is 0.573 e. The van der Waals surface area contributed by atoms with Crippen molar-refractivity contribution in [3.63, 3.8) is 0 Å². The summed E-state index contributed by atoms with van der Waals surface area (Å²) in [6.45, 7) is 0. The summed E-state index contributed by atoms with van der Waals surface area (Å²) in [6, 6.07) is 3.29. The van der Waals surface area contributed by atoms with Gasteiger partial charge in [0, 0.05) is 0 Å². The maximum absolute atomic E-state index is 11.9. The Morgan fingerprint density at radius 1 is 1.40 bits per heavy atom. The average molecular weight is 241 g/mol. The van der Waals surface area contributed by atoms with E-state index in [4.69, 9.17) is 16.7 Å². The molecule has 0 unspecified atom stereocenters.